The van der Waals surface area contributed by atoms with Gasteiger partial charge in [0.25, 0.3) is 17.7 Å². The number of amides is 4. The van der Waals surface area contributed by atoms with Crippen LogP contribution < -0.4 is 0 Å². The molecule has 31 heavy (non-hydrogen) atoms. The third kappa shape index (κ3) is 3.58. The lowest BCUT2D eigenvalue weighted by Crippen LogP contribution is -2.63. The number of fused-ring (bicyclic) bond motifs is 2. The minimum absolute atomic E-state index is 0.0111. The van der Waals surface area contributed by atoms with Crippen LogP contribution in [0.2, 0.25) is 0 Å². The molecule has 0 saturated carbocycles. The molecular formula is C22H25N3O6. The molecule has 3 aliphatic rings. The molecule has 2 fully saturated rings. The number of ether oxygens (including phenoxy) is 1. The maximum absolute atomic E-state index is 13.6. The van der Waals surface area contributed by atoms with Crippen LogP contribution in [0.3, 0.4) is 0 Å². The average Bonchev–Trinajstić information content (AvgIpc) is 2.89. The molecule has 3 aliphatic heterocycles. The molecule has 4 amide bonds. The Bertz CT molecular complexity index is 947. The van der Waals surface area contributed by atoms with Gasteiger partial charge in [-0.25, -0.2) is 9.80 Å². The van der Waals surface area contributed by atoms with Crippen LogP contribution in [0.4, 0.5) is 0 Å². The summed E-state index contributed by atoms with van der Waals surface area (Å²) >= 11 is 0. The Balaban J connectivity index is 1.69. The van der Waals surface area contributed by atoms with Crippen LogP contribution >= 0.6 is 0 Å². The highest BCUT2D eigenvalue weighted by Crippen LogP contribution is 2.32. The highest BCUT2D eigenvalue weighted by molar-refractivity contribution is 6.23. The SMILES string of the molecule is CC(C)(C)OC(=O)C1CCCN2C(=O)CC[C@H](N3C(=O)c4ccccc4C3=O)C(=O)N12. The van der Waals surface area contributed by atoms with Crippen molar-refractivity contribution in [1.29, 1.82) is 0 Å². The van der Waals surface area contributed by atoms with Crippen LogP contribution in [0.25, 0.3) is 0 Å². The molecule has 1 aromatic rings. The normalized spacial score (nSPS) is 24.2. The van der Waals surface area contributed by atoms with Crippen molar-refractivity contribution in [3.05, 3.63) is 35.4 Å². The molecule has 9 nitrogen and oxygen atoms in total. The summed E-state index contributed by atoms with van der Waals surface area (Å²) in [4.78, 5) is 66.1. The topological polar surface area (TPSA) is 104 Å². The van der Waals surface area contributed by atoms with Gasteiger partial charge in [-0.05, 0) is 52.2 Å². The van der Waals surface area contributed by atoms with E-state index in [1.165, 1.54) is 5.01 Å². The highest BCUT2D eigenvalue weighted by atomic mass is 16.6. The van der Waals surface area contributed by atoms with Crippen molar-refractivity contribution in [2.24, 2.45) is 0 Å². The van der Waals surface area contributed by atoms with E-state index < -0.39 is 41.4 Å². The number of benzene rings is 1. The van der Waals surface area contributed by atoms with Crippen LogP contribution in [0.1, 0.15) is 67.2 Å². The van der Waals surface area contributed by atoms with E-state index in [4.69, 9.17) is 4.74 Å². The molecular weight excluding hydrogens is 402 g/mol. The Labute approximate surface area is 179 Å². The second kappa shape index (κ2) is 7.47. The van der Waals surface area contributed by atoms with Crippen molar-refractivity contribution in [2.45, 2.75) is 64.1 Å². The first kappa shape index (κ1) is 21.0. The molecule has 0 aromatic heterocycles. The van der Waals surface area contributed by atoms with Gasteiger partial charge in [0.15, 0.2) is 6.04 Å². The van der Waals surface area contributed by atoms with Gasteiger partial charge in [0, 0.05) is 13.0 Å². The van der Waals surface area contributed by atoms with E-state index in [-0.39, 0.29) is 29.9 Å². The van der Waals surface area contributed by atoms with Gasteiger partial charge in [-0.15, -0.1) is 0 Å². The number of carbonyl (C=O) groups excluding carboxylic acids is 5. The van der Waals surface area contributed by atoms with E-state index in [9.17, 15) is 24.0 Å². The van der Waals surface area contributed by atoms with Crippen molar-refractivity contribution in [3.8, 4) is 0 Å². The fraction of sp³-hybridized carbons (Fsp3) is 0.500. The van der Waals surface area contributed by atoms with Crippen molar-refractivity contribution in [2.75, 3.05) is 6.54 Å². The summed E-state index contributed by atoms with van der Waals surface area (Å²) in [6, 6.07) is 4.23. The van der Waals surface area contributed by atoms with Crippen LogP contribution in [0.5, 0.6) is 0 Å². The number of imide groups is 1. The van der Waals surface area contributed by atoms with Crippen LogP contribution in [0.15, 0.2) is 24.3 Å². The lowest BCUT2D eigenvalue weighted by molar-refractivity contribution is -0.188. The Kier molecular flexibility index (Phi) is 5.07. The average molecular weight is 427 g/mol. The summed E-state index contributed by atoms with van der Waals surface area (Å²) in [5, 5.41) is 2.40. The first-order chi connectivity index (χ1) is 14.6. The van der Waals surface area contributed by atoms with Crippen molar-refractivity contribution in [3.63, 3.8) is 0 Å². The second-order valence-corrected chi connectivity index (χ2v) is 8.97. The third-order valence-electron chi connectivity index (χ3n) is 5.65. The van der Waals surface area contributed by atoms with E-state index in [0.717, 1.165) is 9.91 Å². The van der Waals surface area contributed by atoms with E-state index in [1.807, 2.05) is 0 Å². The first-order valence-corrected chi connectivity index (χ1v) is 10.4. The molecule has 0 N–H and O–H groups in total. The van der Waals surface area contributed by atoms with Crippen LogP contribution in [-0.2, 0) is 19.1 Å². The number of rotatable bonds is 2. The lowest BCUT2D eigenvalue weighted by Gasteiger charge is -2.43. The minimum Gasteiger partial charge on any atom is -0.458 e. The molecule has 9 heteroatoms. The number of esters is 1. The van der Waals surface area contributed by atoms with Gasteiger partial charge in [0.05, 0.1) is 11.1 Å². The predicted molar refractivity (Wildman–Crippen MR) is 107 cm³/mol. The zero-order valence-electron chi connectivity index (χ0n) is 17.8. The molecule has 0 spiro atoms. The monoisotopic (exact) mass is 427 g/mol. The Morgan fingerprint density at radius 3 is 2.19 bits per heavy atom. The van der Waals surface area contributed by atoms with Crippen LogP contribution in [0, 0.1) is 0 Å². The van der Waals surface area contributed by atoms with Crippen molar-refractivity contribution < 1.29 is 28.7 Å². The van der Waals surface area contributed by atoms with Crippen molar-refractivity contribution in [1.82, 2.24) is 14.9 Å². The molecule has 3 heterocycles. The third-order valence-corrected chi connectivity index (χ3v) is 5.65. The van der Waals surface area contributed by atoms with E-state index in [0.29, 0.717) is 19.4 Å². The highest BCUT2D eigenvalue weighted by Gasteiger charge is 2.50. The molecule has 0 radical (unpaired) electrons. The summed E-state index contributed by atoms with van der Waals surface area (Å²) in [6.45, 7) is 5.46. The van der Waals surface area contributed by atoms with Gasteiger partial charge >= 0.3 is 5.97 Å². The number of nitrogens with zero attached hydrogens (tertiary/aromatic N) is 3. The van der Waals surface area contributed by atoms with Gasteiger partial charge in [0.1, 0.15) is 11.6 Å². The molecule has 2 atom stereocenters. The minimum atomic E-state index is -1.16. The fourth-order valence-corrected chi connectivity index (χ4v) is 4.33. The van der Waals surface area contributed by atoms with Gasteiger partial charge in [0.2, 0.25) is 5.91 Å². The zero-order valence-corrected chi connectivity index (χ0v) is 17.8. The summed E-state index contributed by atoms with van der Waals surface area (Å²) in [7, 11) is 0. The molecule has 0 bridgehead atoms. The molecule has 1 aromatic carbocycles. The Hall–Kier alpha value is -3.23. The standard InChI is InChI=1S/C22H25N3O6/c1-22(2,3)31-21(30)16-9-6-12-23-17(26)11-10-15(20(29)25(16)23)24-18(27)13-7-4-5-8-14(13)19(24)28/h4-5,7-8,15-16H,6,9-12H2,1-3H3/t15-,16?/m0/s1. The molecule has 4 rings (SSSR count). The molecule has 0 aliphatic carbocycles. The number of hydrogen-bond acceptors (Lipinski definition) is 6. The van der Waals surface area contributed by atoms with Gasteiger partial charge in [-0.3, -0.25) is 29.1 Å². The van der Waals surface area contributed by atoms with Crippen LogP contribution in [-0.4, -0.2) is 68.7 Å². The van der Waals surface area contributed by atoms with Gasteiger partial charge in [-0.1, -0.05) is 12.1 Å². The summed E-state index contributed by atoms with van der Waals surface area (Å²) < 4.78 is 5.49. The van der Waals surface area contributed by atoms with Gasteiger partial charge < -0.3 is 4.74 Å². The van der Waals surface area contributed by atoms with E-state index in [1.54, 1.807) is 45.0 Å². The fourth-order valence-electron chi connectivity index (χ4n) is 4.33. The Morgan fingerprint density at radius 2 is 1.61 bits per heavy atom. The number of hydrogen-bond donors (Lipinski definition) is 0. The van der Waals surface area contributed by atoms with Gasteiger partial charge in [-0.2, -0.15) is 0 Å². The maximum Gasteiger partial charge on any atom is 0.331 e. The molecule has 164 valence electrons. The largest absolute Gasteiger partial charge is 0.458 e. The quantitative estimate of drug-likeness (QED) is 0.524. The second-order valence-electron chi connectivity index (χ2n) is 8.97. The summed E-state index contributed by atoms with van der Waals surface area (Å²) in [5.41, 5.74) is -0.301. The zero-order chi connectivity index (χ0) is 22.5. The smallest absolute Gasteiger partial charge is 0.331 e. The van der Waals surface area contributed by atoms with E-state index in [2.05, 4.69) is 0 Å². The lowest BCUT2D eigenvalue weighted by atomic mass is 10.1. The summed E-state index contributed by atoms with van der Waals surface area (Å²) in [5.74, 6) is -2.67. The first-order valence-electron chi connectivity index (χ1n) is 10.4. The Morgan fingerprint density at radius 1 is 1.00 bits per heavy atom. The summed E-state index contributed by atoms with van der Waals surface area (Å²) in [6.07, 6.45) is 0.870. The molecule has 2 saturated heterocycles. The molecule has 1 unspecified atom stereocenters. The van der Waals surface area contributed by atoms with E-state index >= 15 is 0 Å². The predicted octanol–water partition coefficient (Wildman–Crippen LogP) is 1.52. The number of carbonyl (C=O) groups is 5. The maximum atomic E-state index is 13.6. The number of hydrazine groups is 1. The van der Waals surface area contributed by atoms with Crippen molar-refractivity contribution >= 4 is 29.6 Å².